The fourth-order valence-corrected chi connectivity index (χ4v) is 4.40. The molecule has 1 atom stereocenters. The van der Waals surface area contributed by atoms with Gasteiger partial charge in [0.2, 0.25) is 0 Å². The van der Waals surface area contributed by atoms with Gasteiger partial charge in [-0.1, -0.05) is 84.1 Å². The molecule has 0 aliphatic carbocycles. The van der Waals surface area contributed by atoms with E-state index < -0.39 is 17.9 Å². The molecule has 1 amide bonds. The fourth-order valence-electron chi connectivity index (χ4n) is 3.30. The van der Waals surface area contributed by atoms with Crippen LogP contribution in [0.4, 0.5) is 0 Å². The number of hydrogen-bond acceptors (Lipinski definition) is 3. The van der Waals surface area contributed by atoms with Crippen LogP contribution < -0.4 is 4.80 Å². The highest BCUT2D eigenvalue weighted by Crippen LogP contribution is 2.23. The molecule has 0 aliphatic rings. The molecule has 0 saturated carbocycles. The van der Waals surface area contributed by atoms with Gasteiger partial charge in [-0.15, -0.1) is 0 Å². The number of thiazole rings is 1. The van der Waals surface area contributed by atoms with Crippen LogP contribution >= 0.6 is 11.3 Å². The van der Waals surface area contributed by atoms with Crippen LogP contribution in [-0.2, 0) is 9.59 Å². The van der Waals surface area contributed by atoms with Gasteiger partial charge in [0.15, 0.2) is 4.80 Å². The Labute approximate surface area is 183 Å². The summed E-state index contributed by atoms with van der Waals surface area (Å²) in [4.78, 5) is 29.8. The average Bonchev–Trinajstić information content (AvgIpc) is 3.15. The molecule has 0 fully saturated rings. The minimum absolute atomic E-state index is 0.357. The minimum atomic E-state index is -0.986. The van der Waals surface area contributed by atoms with E-state index in [-0.39, 0.29) is 0 Å². The summed E-state index contributed by atoms with van der Waals surface area (Å²) < 4.78 is 2.47. The molecule has 154 valence electrons. The summed E-state index contributed by atoms with van der Waals surface area (Å²) in [5.41, 5.74) is 2.81. The molecule has 4 aromatic rings. The van der Waals surface area contributed by atoms with Crippen LogP contribution in [0, 0.1) is 0 Å². The SMILES string of the molecule is CC(C(=O)O)n1/c(=N\C(=O)/C(=C/c2ccccc2)c2ccccc2)sc2ccccc21. The first-order valence-corrected chi connectivity index (χ1v) is 10.6. The topological polar surface area (TPSA) is 71.7 Å². The molecule has 6 heteroatoms. The van der Waals surface area contributed by atoms with E-state index in [1.807, 2.05) is 84.9 Å². The molecular weight excluding hydrogens is 408 g/mol. The van der Waals surface area contributed by atoms with Crippen LogP contribution in [0.5, 0.6) is 0 Å². The maximum atomic E-state index is 13.3. The summed E-state index contributed by atoms with van der Waals surface area (Å²) in [7, 11) is 0. The van der Waals surface area contributed by atoms with Crippen molar-refractivity contribution in [1.29, 1.82) is 0 Å². The Balaban J connectivity index is 1.89. The van der Waals surface area contributed by atoms with Crippen LogP contribution in [0.3, 0.4) is 0 Å². The summed E-state index contributed by atoms with van der Waals surface area (Å²) in [5.74, 6) is -1.41. The fraction of sp³-hybridized carbons (Fsp3) is 0.0800. The van der Waals surface area contributed by atoms with Crippen LogP contribution in [0.25, 0.3) is 21.9 Å². The van der Waals surface area contributed by atoms with E-state index in [2.05, 4.69) is 4.99 Å². The largest absolute Gasteiger partial charge is 0.480 e. The second-order valence-corrected chi connectivity index (χ2v) is 8.00. The van der Waals surface area contributed by atoms with Crippen molar-refractivity contribution >= 4 is 45.1 Å². The molecule has 0 radical (unpaired) electrons. The molecule has 0 bridgehead atoms. The number of fused-ring (bicyclic) bond motifs is 1. The zero-order chi connectivity index (χ0) is 21.8. The molecule has 1 aromatic heterocycles. The van der Waals surface area contributed by atoms with Crippen molar-refractivity contribution in [1.82, 2.24) is 4.57 Å². The Morgan fingerprint density at radius 1 is 0.935 bits per heavy atom. The predicted molar refractivity (Wildman–Crippen MR) is 123 cm³/mol. The number of carbonyl (C=O) groups is 2. The normalized spacial score (nSPS) is 13.3. The van der Waals surface area contributed by atoms with Crippen LogP contribution in [0.2, 0.25) is 0 Å². The van der Waals surface area contributed by atoms with Crippen molar-refractivity contribution in [2.45, 2.75) is 13.0 Å². The molecule has 4 rings (SSSR count). The molecule has 5 nitrogen and oxygen atoms in total. The van der Waals surface area contributed by atoms with Gasteiger partial charge in [-0.2, -0.15) is 4.99 Å². The highest BCUT2D eigenvalue weighted by atomic mass is 32.1. The summed E-state index contributed by atoms with van der Waals surface area (Å²) in [6, 6.07) is 25.5. The zero-order valence-corrected chi connectivity index (χ0v) is 17.6. The number of aliphatic carboxylic acids is 1. The van der Waals surface area contributed by atoms with E-state index in [4.69, 9.17) is 0 Å². The van der Waals surface area contributed by atoms with E-state index in [1.54, 1.807) is 17.6 Å². The third-order valence-corrected chi connectivity index (χ3v) is 5.94. The van der Waals surface area contributed by atoms with Gasteiger partial charge in [-0.25, -0.2) is 4.79 Å². The van der Waals surface area contributed by atoms with E-state index in [0.717, 1.165) is 21.3 Å². The molecular formula is C25H20N2O3S. The molecule has 1 N–H and O–H groups in total. The highest BCUT2D eigenvalue weighted by Gasteiger charge is 2.20. The maximum absolute atomic E-state index is 13.3. The van der Waals surface area contributed by atoms with Gasteiger partial charge in [0.05, 0.1) is 10.2 Å². The maximum Gasteiger partial charge on any atom is 0.326 e. The second-order valence-electron chi connectivity index (χ2n) is 6.99. The Bertz CT molecular complexity index is 1340. The molecule has 0 saturated heterocycles. The van der Waals surface area contributed by atoms with E-state index in [0.29, 0.717) is 10.4 Å². The number of carbonyl (C=O) groups excluding carboxylic acids is 1. The lowest BCUT2D eigenvalue weighted by atomic mass is 10.0. The van der Waals surface area contributed by atoms with Crippen molar-refractivity contribution in [2.75, 3.05) is 0 Å². The summed E-state index contributed by atoms with van der Waals surface area (Å²) in [6.45, 7) is 1.59. The summed E-state index contributed by atoms with van der Waals surface area (Å²) in [5, 5.41) is 9.60. The molecule has 3 aromatic carbocycles. The first kappa shape index (κ1) is 20.5. The Morgan fingerprint density at radius 2 is 1.55 bits per heavy atom. The highest BCUT2D eigenvalue weighted by molar-refractivity contribution is 7.16. The standard InChI is InChI=1S/C25H20N2O3S/c1-17(24(29)30)27-21-14-8-9-15-22(21)31-25(27)26-23(28)20(19-12-6-3-7-13-19)16-18-10-4-2-5-11-18/h2-17H,1H3,(H,29,30)/b20-16+,26-25+. The monoisotopic (exact) mass is 428 g/mol. The Morgan fingerprint density at radius 3 is 2.23 bits per heavy atom. The van der Waals surface area contributed by atoms with E-state index in [1.165, 1.54) is 11.3 Å². The van der Waals surface area contributed by atoms with Crippen molar-refractivity contribution in [3.8, 4) is 0 Å². The average molecular weight is 429 g/mol. The summed E-state index contributed by atoms with van der Waals surface area (Å²) in [6.07, 6.45) is 1.81. The van der Waals surface area contributed by atoms with Gasteiger partial charge < -0.3 is 9.67 Å². The second kappa shape index (κ2) is 8.93. The van der Waals surface area contributed by atoms with Crippen LogP contribution in [0.1, 0.15) is 24.1 Å². The van der Waals surface area contributed by atoms with Gasteiger partial charge in [0, 0.05) is 5.57 Å². The van der Waals surface area contributed by atoms with Gasteiger partial charge in [0.1, 0.15) is 6.04 Å². The molecule has 1 heterocycles. The predicted octanol–water partition coefficient (Wildman–Crippen LogP) is 5.02. The third-order valence-electron chi connectivity index (χ3n) is 4.90. The van der Waals surface area contributed by atoms with Gasteiger partial charge in [0.25, 0.3) is 5.91 Å². The number of amides is 1. The van der Waals surface area contributed by atoms with Gasteiger partial charge >= 0.3 is 5.97 Å². The number of benzene rings is 3. The van der Waals surface area contributed by atoms with Crippen molar-refractivity contribution in [3.05, 3.63) is 101 Å². The first-order chi connectivity index (χ1) is 15.0. The van der Waals surface area contributed by atoms with E-state index in [9.17, 15) is 14.7 Å². The molecule has 31 heavy (non-hydrogen) atoms. The van der Waals surface area contributed by atoms with Crippen molar-refractivity contribution < 1.29 is 14.7 Å². The smallest absolute Gasteiger partial charge is 0.326 e. The van der Waals surface area contributed by atoms with Crippen molar-refractivity contribution in [2.24, 2.45) is 4.99 Å². The quantitative estimate of drug-likeness (QED) is 0.358. The lowest BCUT2D eigenvalue weighted by Crippen LogP contribution is -2.25. The van der Waals surface area contributed by atoms with Gasteiger partial charge in [-0.05, 0) is 36.3 Å². The number of aromatic nitrogens is 1. The lowest BCUT2D eigenvalue weighted by Gasteiger charge is -2.10. The van der Waals surface area contributed by atoms with Crippen LogP contribution in [0.15, 0.2) is 89.9 Å². The number of rotatable bonds is 5. The van der Waals surface area contributed by atoms with Crippen LogP contribution in [-0.4, -0.2) is 21.6 Å². The summed E-state index contributed by atoms with van der Waals surface area (Å²) >= 11 is 1.30. The number of carboxylic acid groups (broad SMARTS) is 1. The Kier molecular flexibility index (Phi) is 5.91. The first-order valence-electron chi connectivity index (χ1n) is 9.78. The molecule has 1 unspecified atom stereocenters. The van der Waals surface area contributed by atoms with Crippen molar-refractivity contribution in [3.63, 3.8) is 0 Å². The number of para-hydroxylation sites is 1. The zero-order valence-electron chi connectivity index (χ0n) is 16.8. The number of nitrogens with zero attached hydrogens (tertiary/aromatic N) is 2. The number of carboxylic acids is 1. The minimum Gasteiger partial charge on any atom is -0.480 e. The Hall–Kier alpha value is -3.77. The van der Waals surface area contributed by atoms with E-state index >= 15 is 0 Å². The van der Waals surface area contributed by atoms with Gasteiger partial charge in [-0.3, -0.25) is 4.79 Å². The molecule has 0 aliphatic heterocycles. The molecule has 0 spiro atoms. The lowest BCUT2D eigenvalue weighted by molar-refractivity contribution is -0.140. The number of hydrogen-bond donors (Lipinski definition) is 1. The third kappa shape index (κ3) is 4.39.